The van der Waals surface area contributed by atoms with Crippen LogP contribution in [0.2, 0.25) is 0 Å². The summed E-state index contributed by atoms with van der Waals surface area (Å²) in [5.74, 6) is 1.35. The topological polar surface area (TPSA) is 72.2 Å². The lowest BCUT2D eigenvalue weighted by Gasteiger charge is -2.36. The third-order valence-corrected chi connectivity index (χ3v) is 6.13. The number of piperazine rings is 1. The number of hydrogen-bond acceptors (Lipinski definition) is 6. The standard InChI is InChI=1S/C27H30N2O5/c1-18(2)17-33-20-9-10-21-19(3)22(27(31)34-25(21)15-20)16-26(30)29-13-11-28(12-14-29)23-7-5-6-8-24(23)32-4/h5-10,15H,1,11-14,16-17H2,2-4H3. The van der Waals surface area contributed by atoms with Gasteiger partial charge in [-0.1, -0.05) is 18.7 Å². The molecule has 0 N–H and O–H groups in total. The molecule has 1 aliphatic heterocycles. The van der Waals surface area contributed by atoms with Gasteiger partial charge < -0.3 is 23.7 Å². The average molecular weight is 463 g/mol. The first-order valence-corrected chi connectivity index (χ1v) is 11.4. The van der Waals surface area contributed by atoms with E-state index in [1.807, 2.05) is 55.1 Å². The number of rotatable bonds is 7. The highest BCUT2D eigenvalue weighted by Crippen LogP contribution is 2.29. The number of benzene rings is 2. The van der Waals surface area contributed by atoms with E-state index in [4.69, 9.17) is 13.9 Å². The molecule has 2 aromatic carbocycles. The average Bonchev–Trinajstić information content (AvgIpc) is 2.85. The third-order valence-electron chi connectivity index (χ3n) is 6.13. The summed E-state index contributed by atoms with van der Waals surface area (Å²) >= 11 is 0. The van der Waals surface area contributed by atoms with Crippen LogP contribution in [0.1, 0.15) is 18.1 Å². The number of methoxy groups -OCH3 is 1. The van der Waals surface area contributed by atoms with Gasteiger partial charge in [0.25, 0.3) is 0 Å². The molecule has 178 valence electrons. The molecule has 3 aromatic rings. The Balaban J connectivity index is 1.46. The van der Waals surface area contributed by atoms with Gasteiger partial charge in [0.05, 0.1) is 24.8 Å². The maximum absolute atomic E-state index is 13.1. The quantitative estimate of drug-likeness (QED) is 0.391. The minimum absolute atomic E-state index is 0.0205. The molecule has 0 unspecified atom stereocenters. The van der Waals surface area contributed by atoms with Gasteiger partial charge in [-0.2, -0.15) is 0 Å². The van der Waals surface area contributed by atoms with Gasteiger partial charge in [-0.25, -0.2) is 4.79 Å². The Morgan fingerprint density at radius 2 is 1.85 bits per heavy atom. The molecule has 0 bridgehead atoms. The zero-order valence-corrected chi connectivity index (χ0v) is 19.9. The second-order valence-electron chi connectivity index (χ2n) is 8.61. The van der Waals surface area contributed by atoms with E-state index < -0.39 is 5.63 Å². The molecule has 0 saturated carbocycles. The molecule has 1 aliphatic rings. The van der Waals surface area contributed by atoms with Gasteiger partial charge in [0.15, 0.2) is 0 Å². The first kappa shape index (κ1) is 23.4. The summed E-state index contributed by atoms with van der Waals surface area (Å²) in [4.78, 5) is 29.8. The highest BCUT2D eigenvalue weighted by molar-refractivity contribution is 5.85. The Morgan fingerprint density at radius 3 is 2.56 bits per heavy atom. The van der Waals surface area contributed by atoms with Crippen LogP contribution in [0.15, 0.2) is 63.8 Å². The largest absolute Gasteiger partial charge is 0.495 e. The summed E-state index contributed by atoms with van der Waals surface area (Å²) in [5, 5.41) is 0.797. The highest BCUT2D eigenvalue weighted by Gasteiger charge is 2.25. The van der Waals surface area contributed by atoms with Crippen LogP contribution in [0, 0.1) is 6.92 Å². The normalized spacial score (nSPS) is 13.7. The van der Waals surface area contributed by atoms with Gasteiger partial charge in [0.2, 0.25) is 5.91 Å². The van der Waals surface area contributed by atoms with Crippen molar-refractivity contribution in [1.29, 1.82) is 0 Å². The number of anilines is 1. The van der Waals surface area contributed by atoms with Gasteiger partial charge in [-0.3, -0.25) is 4.79 Å². The second kappa shape index (κ2) is 10.0. The molecular formula is C27H30N2O5. The van der Waals surface area contributed by atoms with Crippen LogP contribution in [-0.4, -0.2) is 50.7 Å². The lowest BCUT2D eigenvalue weighted by molar-refractivity contribution is -0.130. The highest BCUT2D eigenvalue weighted by atomic mass is 16.5. The zero-order valence-electron chi connectivity index (χ0n) is 19.9. The summed E-state index contributed by atoms with van der Waals surface area (Å²) < 4.78 is 16.7. The Labute approximate surface area is 199 Å². The predicted molar refractivity (Wildman–Crippen MR) is 133 cm³/mol. The fourth-order valence-corrected chi connectivity index (χ4v) is 4.23. The van der Waals surface area contributed by atoms with Gasteiger partial charge in [-0.05, 0) is 49.2 Å². The van der Waals surface area contributed by atoms with Crippen LogP contribution < -0.4 is 20.0 Å². The Bertz CT molecular complexity index is 1270. The van der Waals surface area contributed by atoms with E-state index in [2.05, 4.69) is 11.5 Å². The Hall–Kier alpha value is -3.74. The minimum Gasteiger partial charge on any atom is -0.495 e. The summed E-state index contributed by atoms with van der Waals surface area (Å²) in [5.41, 5.74) is 3.05. The van der Waals surface area contributed by atoms with Crippen molar-refractivity contribution >= 4 is 22.6 Å². The molecule has 0 radical (unpaired) electrons. The van der Waals surface area contributed by atoms with Crippen molar-refractivity contribution in [2.75, 3.05) is 44.8 Å². The van der Waals surface area contributed by atoms with Crippen molar-refractivity contribution in [3.8, 4) is 11.5 Å². The molecule has 2 heterocycles. The van der Waals surface area contributed by atoms with Crippen molar-refractivity contribution < 1.29 is 18.7 Å². The van der Waals surface area contributed by atoms with Crippen LogP contribution in [0.5, 0.6) is 11.5 Å². The molecule has 34 heavy (non-hydrogen) atoms. The van der Waals surface area contributed by atoms with E-state index in [1.54, 1.807) is 13.2 Å². The maximum Gasteiger partial charge on any atom is 0.340 e. The molecule has 1 aromatic heterocycles. The van der Waals surface area contributed by atoms with E-state index >= 15 is 0 Å². The summed E-state index contributed by atoms with van der Waals surface area (Å²) in [6.07, 6.45) is 0.0205. The molecule has 0 spiro atoms. The number of para-hydroxylation sites is 2. The Kier molecular flexibility index (Phi) is 6.91. The van der Waals surface area contributed by atoms with Gasteiger partial charge in [0, 0.05) is 37.6 Å². The number of amides is 1. The number of ether oxygens (including phenoxy) is 2. The fraction of sp³-hybridized carbons (Fsp3) is 0.333. The lowest BCUT2D eigenvalue weighted by atomic mass is 10.0. The first-order valence-electron chi connectivity index (χ1n) is 11.4. The third kappa shape index (κ3) is 4.93. The fourth-order valence-electron chi connectivity index (χ4n) is 4.23. The number of carbonyl (C=O) groups excluding carboxylic acids is 1. The number of hydrogen-bond donors (Lipinski definition) is 0. The van der Waals surface area contributed by atoms with Crippen molar-refractivity contribution in [2.24, 2.45) is 0 Å². The number of fused-ring (bicyclic) bond motifs is 1. The molecule has 4 rings (SSSR count). The van der Waals surface area contributed by atoms with Crippen molar-refractivity contribution in [3.63, 3.8) is 0 Å². The lowest BCUT2D eigenvalue weighted by Crippen LogP contribution is -2.49. The van der Waals surface area contributed by atoms with Crippen molar-refractivity contribution in [2.45, 2.75) is 20.3 Å². The summed E-state index contributed by atoms with van der Waals surface area (Å²) in [6, 6.07) is 13.3. The zero-order chi connectivity index (χ0) is 24.2. The Morgan fingerprint density at radius 1 is 1.12 bits per heavy atom. The molecule has 1 amide bonds. The second-order valence-corrected chi connectivity index (χ2v) is 8.61. The molecular weight excluding hydrogens is 432 g/mol. The SMILES string of the molecule is C=C(C)COc1ccc2c(C)c(CC(=O)N3CCN(c4ccccc4OC)CC3)c(=O)oc2c1. The smallest absolute Gasteiger partial charge is 0.340 e. The minimum atomic E-state index is -0.483. The molecule has 1 saturated heterocycles. The van der Waals surface area contributed by atoms with Gasteiger partial charge in [-0.15, -0.1) is 0 Å². The molecule has 0 atom stereocenters. The van der Waals surface area contributed by atoms with Crippen LogP contribution in [-0.2, 0) is 11.2 Å². The van der Waals surface area contributed by atoms with E-state index in [-0.39, 0.29) is 12.3 Å². The number of aryl methyl sites for hydroxylation is 1. The van der Waals surface area contributed by atoms with Gasteiger partial charge >= 0.3 is 5.63 Å². The van der Waals surface area contributed by atoms with E-state index in [1.165, 1.54) is 0 Å². The monoisotopic (exact) mass is 462 g/mol. The maximum atomic E-state index is 13.1. The molecule has 7 nitrogen and oxygen atoms in total. The van der Waals surface area contributed by atoms with Crippen molar-refractivity contribution in [1.82, 2.24) is 4.90 Å². The van der Waals surface area contributed by atoms with Gasteiger partial charge in [0.1, 0.15) is 23.7 Å². The first-order chi connectivity index (χ1) is 16.4. The number of nitrogens with zero attached hydrogens (tertiary/aromatic N) is 2. The molecule has 1 fully saturated rings. The molecule has 7 heteroatoms. The van der Waals surface area contributed by atoms with E-state index in [0.29, 0.717) is 49.7 Å². The van der Waals surface area contributed by atoms with Crippen LogP contribution in [0.4, 0.5) is 5.69 Å². The van der Waals surface area contributed by atoms with E-state index in [9.17, 15) is 9.59 Å². The van der Waals surface area contributed by atoms with Crippen molar-refractivity contribution in [3.05, 3.63) is 76.2 Å². The van der Waals surface area contributed by atoms with Crippen LogP contribution in [0.25, 0.3) is 11.0 Å². The predicted octanol–water partition coefficient (Wildman–Crippen LogP) is 3.96. The van der Waals surface area contributed by atoms with E-state index in [0.717, 1.165) is 28.0 Å². The van der Waals surface area contributed by atoms with Crippen LogP contribution >= 0.6 is 0 Å². The summed E-state index contributed by atoms with van der Waals surface area (Å²) in [6.45, 7) is 10.5. The number of carbonyl (C=O) groups is 1. The van der Waals surface area contributed by atoms with Crippen LogP contribution in [0.3, 0.4) is 0 Å². The summed E-state index contributed by atoms with van der Waals surface area (Å²) in [7, 11) is 1.66. The molecule has 0 aliphatic carbocycles.